The van der Waals surface area contributed by atoms with Gasteiger partial charge in [0.15, 0.2) is 5.65 Å². The highest BCUT2D eigenvalue weighted by molar-refractivity contribution is 5.78. The van der Waals surface area contributed by atoms with E-state index in [1.165, 1.54) is 0 Å². The lowest BCUT2D eigenvalue weighted by Crippen LogP contribution is -2.29. The lowest BCUT2D eigenvalue weighted by atomic mass is 10.2. The summed E-state index contributed by atoms with van der Waals surface area (Å²) in [5.41, 5.74) is 17.6. The van der Waals surface area contributed by atoms with Crippen LogP contribution in [-0.2, 0) is 0 Å². The number of nitrogens with zero attached hydrogens (tertiary/aromatic N) is 3. The maximum absolute atomic E-state index is 5.71. The van der Waals surface area contributed by atoms with Crippen molar-refractivity contribution in [3.05, 3.63) is 24.3 Å². The lowest BCUT2D eigenvalue weighted by molar-refractivity contribution is 0.696. The minimum atomic E-state index is 0.484. The zero-order valence-corrected chi connectivity index (χ0v) is 11.6. The van der Waals surface area contributed by atoms with E-state index in [0.29, 0.717) is 24.6 Å². The van der Waals surface area contributed by atoms with E-state index in [-0.39, 0.29) is 0 Å². The average Bonchev–Trinajstić information content (AvgIpc) is 2.46. The Morgan fingerprint density at radius 2 is 1.55 bits per heavy atom. The van der Waals surface area contributed by atoms with E-state index in [9.17, 15) is 0 Å². The fraction of sp³-hybridized carbons (Fsp3) is 0.429. The van der Waals surface area contributed by atoms with Gasteiger partial charge in [-0.05, 0) is 50.2 Å². The Bertz CT molecular complexity index is 548. The molecule has 0 aliphatic rings. The van der Waals surface area contributed by atoms with Gasteiger partial charge in [0.25, 0.3) is 0 Å². The van der Waals surface area contributed by atoms with E-state index in [4.69, 9.17) is 17.2 Å². The van der Waals surface area contributed by atoms with Gasteiger partial charge in [-0.2, -0.15) is 0 Å². The normalized spacial score (nSPS) is 10.9. The number of hydrogen-bond acceptors (Lipinski definition) is 6. The standard InChI is InChI=1S/C14H22N6/c15-7-1-9-20(10-2-8-16)13-6-4-11-3-5-12(17)18-14(11)19-13/h3-6H,1-2,7-10,15-16H2,(H2,17,18,19). The molecule has 2 heterocycles. The van der Waals surface area contributed by atoms with Gasteiger partial charge < -0.3 is 22.1 Å². The molecule has 0 atom stereocenters. The monoisotopic (exact) mass is 274 g/mol. The van der Waals surface area contributed by atoms with Crippen LogP contribution in [0.25, 0.3) is 11.0 Å². The molecule has 0 unspecified atom stereocenters. The SMILES string of the molecule is NCCCN(CCCN)c1ccc2ccc(N)nc2n1. The highest BCUT2D eigenvalue weighted by Crippen LogP contribution is 2.18. The minimum Gasteiger partial charge on any atom is -0.384 e. The molecule has 0 saturated heterocycles. The minimum absolute atomic E-state index is 0.484. The summed E-state index contributed by atoms with van der Waals surface area (Å²) in [5, 5.41) is 0.987. The summed E-state index contributed by atoms with van der Waals surface area (Å²) in [6, 6.07) is 7.73. The maximum Gasteiger partial charge on any atom is 0.163 e. The van der Waals surface area contributed by atoms with E-state index < -0.39 is 0 Å². The number of nitrogens with two attached hydrogens (primary N) is 3. The summed E-state index contributed by atoms with van der Waals surface area (Å²) in [6.07, 6.45) is 1.85. The van der Waals surface area contributed by atoms with Crippen molar-refractivity contribution in [3.8, 4) is 0 Å². The first-order valence-electron chi connectivity index (χ1n) is 6.93. The second-order valence-corrected chi connectivity index (χ2v) is 4.72. The summed E-state index contributed by atoms with van der Waals surface area (Å²) >= 11 is 0. The van der Waals surface area contributed by atoms with Gasteiger partial charge in [0.2, 0.25) is 0 Å². The molecular formula is C14H22N6. The van der Waals surface area contributed by atoms with E-state index in [0.717, 1.165) is 37.1 Å². The highest BCUT2D eigenvalue weighted by atomic mass is 15.2. The van der Waals surface area contributed by atoms with Gasteiger partial charge >= 0.3 is 0 Å². The Kier molecular flexibility index (Phi) is 5.09. The van der Waals surface area contributed by atoms with Gasteiger partial charge in [-0.25, -0.2) is 9.97 Å². The van der Waals surface area contributed by atoms with Crippen LogP contribution < -0.4 is 22.1 Å². The molecule has 0 aromatic carbocycles. The maximum atomic E-state index is 5.71. The van der Waals surface area contributed by atoms with Crippen LogP contribution in [0.1, 0.15) is 12.8 Å². The second-order valence-electron chi connectivity index (χ2n) is 4.72. The molecule has 6 nitrogen and oxygen atoms in total. The molecule has 0 bridgehead atoms. The van der Waals surface area contributed by atoms with Gasteiger partial charge in [0.05, 0.1) is 0 Å². The Labute approximate surface area is 119 Å². The van der Waals surface area contributed by atoms with E-state index in [1.54, 1.807) is 6.07 Å². The third kappa shape index (κ3) is 3.55. The van der Waals surface area contributed by atoms with Gasteiger partial charge in [0, 0.05) is 18.5 Å². The number of aromatic nitrogens is 2. The second kappa shape index (κ2) is 7.02. The number of anilines is 2. The Balaban J connectivity index is 2.26. The third-order valence-electron chi connectivity index (χ3n) is 3.15. The molecule has 6 N–H and O–H groups in total. The predicted octanol–water partition coefficient (Wildman–Crippen LogP) is 0.716. The first-order chi connectivity index (χ1) is 9.74. The lowest BCUT2D eigenvalue weighted by Gasteiger charge is -2.23. The summed E-state index contributed by atoms with van der Waals surface area (Å²) in [5.74, 6) is 1.38. The predicted molar refractivity (Wildman–Crippen MR) is 83.5 cm³/mol. The quantitative estimate of drug-likeness (QED) is 0.686. The number of hydrogen-bond donors (Lipinski definition) is 3. The van der Waals surface area contributed by atoms with Crippen molar-refractivity contribution in [3.63, 3.8) is 0 Å². The van der Waals surface area contributed by atoms with E-state index in [1.807, 2.05) is 18.2 Å². The molecule has 0 spiro atoms. The van der Waals surface area contributed by atoms with Crippen LogP contribution in [0.5, 0.6) is 0 Å². The smallest absolute Gasteiger partial charge is 0.163 e. The van der Waals surface area contributed by atoms with Crippen molar-refractivity contribution < 1.29 is 0 Å². The molecule has 2 aromatic rings. The molecule has 2 rings (SSSR count). The molecule has 20 heavy (non-hydrogen) atoms. The first-order valence-corrected chi connectivity index (χ1v) is 6.93. The van der Waals surface area contributed by atoms with Crippen LogP contribution >= 0.6 is 0 Å². The summed E-state index contributed by atoms with van der Waals surface area (Å²) in [6.45, 7) is 3.07. The van der Waals surface area contributed by atoms with Gasteiger partial charge in [-0.15, -0.1) is 0 Å². The zero-order valence-electron chi connectivity index (χ0n) is 11.6. The van der Waals surface area contributed by atoms with Crippen molar-refractivity contribution >= 4 is 22.7 Å². The van der Waals surface area contributed by atoms with Gasteiger partial charge in [0.1, 0.15) is 11.6 Å². The molecule has 0 amide bonds. The van der Waals surface area contributed by atoms with Crippen molar-refractivity contribution in [1.29, 1.82) is 0 Å². The van der Waals surface area contributed by atoms with E-state index >= 15 is 0 Å². The largest absolute Gasteiger partial charge is 0.384 e. The number of pyridine rings is 2. The summed E-state index contributed by atoms with van der Waals surface area (Å²) < 4.78 is 0. The molecule has 0 aliphatic carbocycles. The molecular weight excluding hydrogens is 252 g/mol. The molecule has 6 heteroatoms. The van der Waals surface area contributed by atoms with Crippen molar-refractivity contribution in [2.75, 3.05) is 36.8 Å². The van der Waals surface area contributed by atoms with Crippen LogP contribution in [0.15, 0.2) is 24.3 Å². The molecule has 0 aliphatic heterocycles. The summed E-state index contributed by atoms with van der Waals surface area (Å²) in [4.78, 5) is 11.1. The number of nitrogen functional groups attached to an aromatic ring is 1. The zero-order chi connectivity index (χ0) is 14.4. The molecule has 108 valence electrons. The van der Waals surface area contributed by atoms with Crippen LogP contribution in [0, 0.1) is 0 Å². The third-order valence-corrected chi connectivity index (χ3v) is 3.15. The fourth-order valence-electron chi connectivity index (χ4n) is 2.08. The Hall–Kier alpha value is -1.92. The number of rotatable bonds is 7. The topological polar surface area (TPSA) is 107 Å². The average molecular weight is 274 g/mol. The van der Waals surface area contributed by atoms with Crippen molar-refractivity contribution in [2.45, 2.75) is 12.8 Å². The van der Waals surface area contributed by atoms with Crippen molar-refractivity contribution in [2.24, 2.45) is 11.5 Å². The van der Waals surface area contributed by atoms with Crippen LogP contribution in [0.4, 0.5) is 11.6 Å². The Morgan fingerprint density at radius 3 is 2.20 bits per heavy atom. The van der Waals surface area contributed by atoms with Crippen LogP contribution in [0.3, 0.4) is 0 Å². The molecule has 0 saturated carbocycles. The van der Waals surface area contributed by atoms with E-state index in [2.05, 4.69) is 14.9 Å². The van der Waals surface area contributed by atoms with Crippen LogP contribution in [-0.4, -0.2) is 36.1 Å². The fourth-order valence-corrected chi connectivity index (χ4v) is 2.08. The summed E-state index contributed by atoms with van der Waals surface area (Å²) in [7, 11) is 0. The van der Waals surface area contributed by atoms with Crippen LogP contribution in [0.2, 0.25) is 0 Å². The molecule has 0 radical (unpaired) electrons. The Morgan fingerprint density at radius 1 is 0.900 bits per heavy atom. The van der Waals surface area contributed by atoms with Gasteiger partial charge in [-0.3, -0.25) is 0 Å². The highest BCUT2D eigenvalue weighted by Gasteiger charge is 2.08. The van der Waals surface area contributed by atoms with Gasteiger partial charge in [-0.1, -0.05) is 0 Å². The molecule has 2 aromatic heterocycles. The molecule has 0 fully saturated rings. The van der Waals surface area contributed by atoms with Crippen molar-refractivity contribution in [1.82, 2.24) is 9.97 Å². The number of fused-ring (bicyclic) bond motifs is 1. The first kappa shape index (κ1) is 14.5.